The molecule has 3 atom stereocenters. The molecule has 0 unspecified atom stereocenters. The molecule has 2 rings (SSSR count). The van der Waals surface area contributed by atoms with Crippen LogP contribution in [0.4, 0.5) is 13.2 Å². The molecule has 0 aromatic heterocycles. The molecule has 136 valence electrons. The highest BCUT2D eigenvalue weighted by atomic mass is 35.5. The summed E-state index contributed by atoms with van der Waals surface area (Å²) in [6.07, 6.45) is -4.67. The molecular weight excluding hydrogens is 351 g/mol. The summed E-state index contributed by atoms with van der Waals surface area (Å²) in [7, 11) is 0. The number of halogens is 4. The van der Waals surface area contributed by atoms with Crippen LogP contribution in [0.3, 0.4) is 0 Å². The Balaban J connectivity index is 0.000000351. The maximum Gasteiger partial charge on any atom is 0.490 e. The number of aliphatic hydroxyl groups is 1. The first kappa shape index (κ1) is 20.7. The fraction of sp³-hybridized carbons (Fsp3) is 0.533. The van der Waals surface area contributed by atoms with E-state index in [1.54, 1.807) is 6.92 Å². The zero-order chi connectivity index (χ0) is 18.3. The SMILES string of the molecule is C[C@@H](O)[C@H]1CN[C@@H](Cc2ccc(Cl)cc2)CO1.O=C(O)C(F)(F)F. The Labute approximate surface area is 142 Å². The summed E-state index contributed by atoms with van der Waals surface area (Å²) < 4.78 is 37.3. The lowest BCUT2D eigenvalue weighted by atomic mass is 10.0. The Morgan fingerprint density at radius 2 is 1.96 bits per heavy atom. The van der Waals surface area contributed by atoms with E-state index >= 15 is 0 Å². The summed E-state index contributed by atoms with van der Waals surface area (Å²) in [4.78, 5) is 8.90. The monoisotopic (exact) mass is 369 g/mol. The lowest BCUT2D eigenvalue weighted by Gasteiger charge is -2.31. The van der Waals surface area contributed by atoms with Crippen LogP contribution in [0.25, 0.3) is 0 Å². The molecule has 1 aromatic rings. The number of rotatable bonds is 3. The van der Waals surface area contributed by atoms with Crippen molar-refractivity contribution in [2.45, 2.75) is 37.8 Å². The van der Waals surface area contributed by atoms with Gasteiger partial charge in [0, 0.05) is 17.6 Å². The molecule has 0 radical (unpaired) electrons. The molecule has 0 amide bonds. The number of carboxylic acid groups (broad SMARTS) is 1. The van der Waals surface area contributed by atoms with Crippen molar-refractivity contribution >= 4 is 17.6 Å². The van der Waals surface area contributed by atoms with E-state index < -0.39 is 18.2 Å². The van der Waals surface area contributed by atoms with E-state index in [0.717, 1.165) is 11.4 Å². The second kappa shape index (κ2) is 9.22. The Morgan fingerprint density at radius 3 is 2.33 bits per heavy atom. The van der Waals surface area contributed by atoms with E-state index in [1.165, 1.54) is 5.56 Å². The number of morpholine rings is 1. The number of carbonyl (C=O) groups is 1. The lowest BCUT2D eigenvalue weighted by Crippen LogP contribution is -2.50. The molecule has 0 spiro atoms. The topological polar surface area (TPSA) is 78.8 Å². The molecule has 1 aromatic carbocycles. The number of hydrogen-bond acceptors (Lipinski definition) is 4. The van der Waals surface area contributed by atoms with Crippen LogP contribution in [-0.2, 0) is 16.0 Å². The number of aliphatic carboxylic acids is 1. The normalized spacial score (nSPS) is 22.2. The predicted molar refractivity (Wildman–Crippen MR) is 82.1 cm³/mol. The zero-order valence-electron chi connectivity index (χ0n) is 12.9. The van der Waals surface area contributed by atoms with Gasteiger partial charge in [-0.1, -0.05) is 23.7 Å². The highest BCUT2D eigenvalue weighted by Crippen LogP contribution is 2.14. The highest BCUT2D eigenvalue weighted by molar-refractivity contribution is 6.30. The van der Waals surface area contributed by atoms with Gasteiger partial charge in [-0.2, -0.15) is 13.2 Å². The van der Waals surface area contributed by atoms with Crippen LogP contribution in [0.5, 0.6) is 0 Å². The molecular formula is C15H19ClF3NO4. The first-order valence-corrected chi connectivity index (χ1v) is 7.55. The van der Waals surface area contributed by atoms with Crippen LogP contribution >= 0.6 is 11.6 Å². The second-order valence-electron chi connectivity index (χ2n) is 5.35. The number of aliphatic hydroxyl groups excluding tert-OH is 1. The van der Waals surface area contributed by atoms with Gasteiger partial charge in [0.25, 0.3) is 0 Å². The van der Waals surface area contributed by atoms with Gasteiger partial charge in [-0.05, 0) is 31.0 Å². The number of nitrogens with one attached hydrogen (secondary N) is 1. The lowest BCUT2D eigenvalue weighted by molar-refractivity contribution is -0.192. The van der Waals surface area contributed by atoms with Gasteiger partial charge in [0.2, 0.25) is 0 Å². The van der Waals surface area contributed by atoms with Crippen LogP contribution in [0.2, 0.25) is 5.02 Å². The van der Waals surface area contributed by atoms with Crippen molar-refractivity contribution in [2.24, 2.45) is 0 Å². The minimum absolute atomic E-state index is 0.0866. The van der Waals surface area contributed by atoms with Gasteiger partial charge in [0.15, 0.2) is 0 Å². The summed E-state index contributed by atoms with van der Waals surface area (Å²) in [6.45, 7) is 3.10. The van der Waals surface area contributed by atoms with Gasteiger partial charge < -0.3 is 20.3 Å². The van der Waals surface area contributed by atoms with Gasteiger partial charge in [-0.15, -0.1) is 0 Å². The summed E-state index contributed by atoms with van der Waals surface area (Å²) in [5.41, 5.74) is 1.24. The molecule has 1 heterocycles. The smallest absolute Gasteiger partial charge is 0.475 e. The van der Waals surface area contributed by atoms with Crippen molar-refractivity contribution in [3.63, 3.8) is 0 Å². The first-order valence-electron chi connectivity index (χ1n) is 7.17. The number of hydrogen-bond donors (Lipinski definition) is 3. The molecule has 0 bridgehead atoms. The third kappa shape index (κ3) is 7.48. The molecule has 5 nitrogen and oxygen atoms in total. The van der Waals surface area contributed by atoms with Crippen LogP contribution < -0.4 is 5.32 Å². The average molecular weight is 370 g/mol. The first-order chi connectivity index (χ1) is 11.1. The molecule has 3 N–H and O–H groups in total. The molecule has 1 aliphatic heterocycles. The van der Waals surface area contributed by atoms with Crippen LogP contribution in [-0.4, -0.2) is 53.8 Å². The fourth-order valence-corrected chi connectivity index (χ4v) is 2.11. The summed E-state index contributed by atoms with van der Waals surface area (Å²) in [5.74, 6) is -2.76. The Hall–Kier alpha value is -1.35. The Morgan fingerprint density at radius 1 is 1.42 bits per heavy atom. The molecule has 9 heteroatoms. The third-order valence-corrected chi connectivity index (χ3v) is 3.55. The zero-order valence-corrected chi connectivity index (χ0v) is 13.6. The van der Waals surface area contributed by atoms with E-state index in [0.29, 0.717) is 19.2 Å². The molecule has 1 aliphatic rings. The summed E-state index contributed by atoms with van der Waals surface area (Å²) in [5, 5.41) is 20.7. The van der Waals surface area contributed by atoms with E-state index in [1.807, 2.05) is 24.3 Å². The maximum absolute atomic E-state index is 10.6. The minimum atomic E-state index is -5.08. The standard InChI is InChI=1S/C13H18ClNO2.C2HF3O2/c1-9(16)13-7-15-12(8-17-13)6-10-2-4-11(14)5-3-10;3-2(4,5)1(6)7/h2-5,9,12-13,15-16H,6-8H2,1H3;(H,6,7)/t9-,12+,13-;/m1./s1. The molecule has 0 saturated carbocycles. The van der Waals surface area contributed by atoms with Crippen LogP contribution in [0.15, 0.2) is 24.3 Å². The van der Waals surface area contributed by atoms with Crippen LogP contribution in [0.1, 0.15) is 12.5 Å². The van der Waals surface area contributed by atoms with Gasteiger partial charge in [-0.25, -0.2) is 4.79 Å². The highest BCUT2D eigenvalue weighted by Gasteiger charge is 2.38. The molecule has 1 fully saturated rings. The van der Waals surface area contributed by atoms with E-state index in [4.69, 9.17) is 26.2 Å². The van der Waals surface area contributed by atoms with Crippen molar-refractivity contribution < 1.29 is 32.9 Å². The number of alkyl halides is 3. The average Bonchev–Trinajstić information content (AvgIpc) is 2.50. The predicted octanol–water partition coefficient (Wildman–Crippen LogP) is 2.25. The maximum atomic E-state index is 10.6. The van der Waals surface area contributed by atoms with Crippen molar-refractivity contribution in [1.82, 2.24) is 5.32 Å². The Bertz CT molecular complexity index is 514. The molecule has 1 saturated heterocycles. The number of benzene rings is 1. The third-order valence-electron chi connectivity index (χ3n) is 3.30. The van der Waals surface area contributed by atoms with E-state index in [-0.39, 0.29) is 6.10 Å². The van der Waals surface area contributed by atoms with Gasteiger partial charge in [-0.3, -0.25) is 0 Å². The van der Waals surface area contributed by atoms with Crippen molar-refractivity contribution in [3.05, 3.63) is 34.9 Å². The Kier molecular flexibility index (Phi) is 7.95. The quantitative estimate of drug-likeness (QED) is 0.761. The van der Waals surface area contributed by atoms with Crippen molar-refractivity contribution in [2.75, 3.05) is 13.2 Å². The van der Waals surface area contributed by atoms with Crippen molar-refractivity contribution in [3.8, 4) is 0 Å². The van der Waals surface area contributed by atoms with E-state index in [9.17, 15) is 18.3 Å². The number of ether oxygens (including phenoxy) is 1. The largest absolute Gasteiger partial charge is 0.490 e. The van der Waals surface area contributed by atoms with Gasteiger partial charge >= 0.3 is 12.1 Å². The van der Waals surface area contributed by atoms with Crippen LogP contribution in [0, 0.1) is 0 Å². The summed E-state index contributed by atoms with van der Waals surface area (Å²) >= 11 is 5.84. The molecule has 0 aliphatic carbocycles. The minimum Gasteiger partial charge on any atom is -0.475 e. The second-order valence-corrected chi connectivity index (χ2v) is 5.79. The van der Waals surface area contributed by atoms with Crippen molar-refractivity contribution in [1.29, 1.82) is 0 Å². The van der Waals surface area contributed by atoms with E-state index in [2.05, 4.69) is 5.32 Å². The van der Waals surface area contributed by atoms with Gasteiger partial charge in [0.05, 0.1) is 18.8 Å². The molecule has 24 heavy (non-hydrogen) atoms. The number of carboxylic acids is 1. The summed E-state index contributed by atoms with van der Waals surface area (Å²) in [6, 6.07) is 8.18. The fourth-order valence-electron chi connectivity index (χ4n) is 1.99. The van der Waals surface area contributed by atoms with Gasteiger partial charge in [0.1, 0.15) is 0 Å².